The Hall–Kier alpha value is -4.13. The number of aromatic amines is 1. The van der Waals surface area contributed by atoms with Crippen LogP contribution in [0.2, 0.25) is 0 Å². The summed E-state index contributed by atoms with van der Waals surface area (Å²) in [7, 11) is 3.91. The largest absolute Gasteiger partial charge is 0.417 e. The predicted molar refractivity (Wildman–Crippen MR) is 115 cm³/mol. The van der Waals surface area contributed by atoms with Crippen molar-refractivity contribution < 1.29 is 13.2 Å². The van der Waals surface area contributed by atoms with Crippen LogP contribution in [-0.2, 0) is 12.7 Å². The predicted octanol–water partition coefficient (Wildman–Crippen LogP) is 4.59. The van der Waals surface area contributed by atoms with Crippen LogP contribution >= 0.6 is 0 Å². The van der Waals surface area contributed by atoms with Crippen molar-refractivity contribution >= 4 is 22.7 Å². The molecule has 0 unspecified atom stereocenters. The Balaban J connectivity index is 1.66. The maximum Gasteiger partial charge on any atom is 0.417 e. The number of alkyl halides is 3. The van der Waals surface area contributed by atoms with Gasteiger partial charge in [0.1, 0.15) is 11.7 Å². The van der Waals surface area contributed by atoms with Crippen LogP contribution in [0.4, 0.5) is 24.8 Å². The second kappa shape index (κ2) is 8.19. The van der Waals surface area contributed by atoms with Gasteiger partial charge in [0.25, 0.3) is 0 Å². The molecule has 7 nitrogen and oxygen atoms in total. The van der Waals surface area contributed by atoms with Crippen molar-refractivity contribution in [2.24, 2.45) is 0 Å². The van der Waals surface area contributed by atoms with Crippen molar-refractivity contribution in [1.82, 2.24) is 19.9 Å². The Morgan fingerprint density at radius 3 is 2.53 bits per heavy atom. The Morgan fingerprint density at radius 1 is 1.12 bits per heavy atom. The average Bonchev–Trinajstić information content (AvgIpc) is 3.20. The van der Waals surface area contributed by atoms with Crippen LogP contribution in [-0.4, -0.2) is 34.0 Å². The minimum absolute atomic E-state index is 0.143. The summed E-state index contributed by atoms with van der Waals surface area (Å²) in [4.78, 5) is 17.2. The van der Waals surface area contributed by atoms with E-state index in [1.54, 1.807) is 0 Å². The molecule has 162 valence electrons. The van der Waals surface area contributed by atoms with Gasteiger partial charge in [0.2, 0.25) is 5.95 Å². The van der Waals surface area contributed by atoms with Gasteiger partial charge in [0.05, 0.1) is 23.0 Å². The maximum atomic E-state index is 13.2. The van der Waals surface area contributed by atoms with Gasteiger partial charge in [-0.3, -0.25) is 0 Å². The fourth-order valence-electron chi connectivity index (χ4n) is 3.20. The molecule has 4 rings (SSSR count). The summed E-state index contributed by atoms with van der Waals surface area (Å²) in [5, 5.41) is 12.8. The standard InChI is InChI=1S/C22H18F3N7/c1-32(2)16-5-3-13(4-6-16)9-29-21-30-10-14(8-26)19(31-21)18-12-28-20-17(18)7-15(11-27-20)22(23,24)25/h3-7,10-12H,9H2,1-2H3,(H,27,28)(H,29,30,31). The number of pyridine rings is 1. The fraction of sp³-hybridized carbons (Fsp3) is 0.182. The molecule has 3 aromatic heterocycles. The maximum absolute atomic E-state index is 13.2. The lowest BCUT2D eigenvalue weighted by Crippen LogP contribution is -2.09. The van der Waals surface area contributed by atoms with Crippen LogP contribution < -0.4 is 10.2 Å². The van der Waals surface area contributed by atoms with E-state index in [0.29, 0.717) is 12.1 Å². The number of anilines is 2. The first kappa shape index (κ1) is 21.1. The van der Waals surface area contributed by atoms with Gasteiger partial charge in [-0.15, -0.1) is 0 Å². The number of hydrogen-bond donors (Lipinski definition) is 2. The molecule has 32 heavy (non-hydrogen) atoms. The third-order valence-electron chi connectivity index (χ3n) is 4.93. The van der Waals surface area contributed by atoms with E-state index in [2.05, 4.69) is 25.3 Å². The lowest BCUT2D eigenvalue weighted by atomic mass is 10.1. The van der Waals surface area contributed by atoms with Gasteiger partial charge in [0.15, 0.2) is 0 Å². The number of nitriles is 1. The molecule has 0 amide bonds. The van der Waals surface area contributed by atoms with Gasteiger partial charge >= 0.3 is 6.18 Å². The van der Waals surface area contributed by atoms with Gasteiger partial charge in [-0.05, 0) is 23.8 Å². The normalized spacial score (nSPS) is 11.4. The Morgan fingerprint density at radius 2 is 1.88 bits per heavy atom. The van der Waals surface area contributed by atoms with Gasteiger partial charge in [-0.25, -0.2) is 15.0 Å². The summed E-state index contributed by atoms with van der Waals surface area (Å²) in [5.74, 6) is 0.255. The number of H-pyrrole nitrogens is 1. The first-order chi connectivity index (χ1) is 15.3. The van der Waals surface area contributed by atoms with E-state index in [9.17, 15) is 18.4 Å². The molecule has 0 spiro atoms. The molecule has 0 aliphatic rings. The van der Waals surface area contributed by atoms with E-state index < -0.39 is 11.7 Å². The van der Waals surface area contributed by atoms with Crippen LogP contribution in [0.5, 0.6) is 0 Å². The van der Waals surface area contributed by atoms with Gasteiger partial charge in [-0.2, -0.15) is 18.4 Å². The molecule has 4 aromatic rings. The molecule has 0 saturated carbocycles. The molecule has 0 bridgehead atoms. The van der Waals surface area contributed by atoms with Crippen LogP contribution in [0.3, 0.4) is 0 Å². The minimum atomic E-state index is -4.53. The number of fused-ring (bicyclic) bond motifs is 1. The van der Waals surface area contributed by atoms with E-state index in [1.807, 2.05) is 49.3 Å². The molecule has 0 saturated heterocycles. The summed E-state index contributed by atoms with van der Waals surface area (Å²) in [6.45, 7) is 0.437. The Bertz CT molecular complexity index is 1300. The van der Waals surface area contributed by atoms with E-state index in [1.165, 1.54) is 12.4 Å². The summed E-state index contributed by atoms with van der Waals surface area (Å²) in [6.07, 6.45) is -0.929. The van der Waals surface area contributed by atoms with Crippen molar-refractivity contribution in [1.29, 1.82) is 5.26 Å². The molecule has 0 aliphatic heterocycles. The third kappa shape index (κ3) is 4.18. The third-order valence-corrected chi connectivity index (χ3v) is 4.93. The lowest BCUT2D eigenvalue weighted by molar-refractivity contribution is -0.137. The molecule has 1 aromatic carbocycles. The number of hydrogen-bond acceptors (Lipinski definition) is 6. The molecular formula is C22H18F3N7. The summed E-state index contributed by atoms with van der Waals surface area (Å²) in [5.41, 5.74) is 2.16. The van der Waals surface area contributed by atoms with Crippen LogP contribution in [0.1, 0.15) is 16.7 Å². The number of rotatable bonds is 5. The van der Waals surface area contributed by atoms with E-state index in [-0.39, 0.29) is 28.2 Å². The van der Waals surface area contributed by atoms with Crippen LogP contribution in [0, 0.1) is 11.3 Å². The quantitative estimate of drug-likeness (QED) is 0.474. The highest BCUT2D eigenvalue weighted by Crippen LogP contribution is 2.34. The monoisotopic (exact) mass is 437 g/mol. The highest BCUT2D eigenvalue weighted by atomic mass is 19.4. The Labute approximate surface area is 181 Å². The zero-order valence-corrected chi connectivity index (χ0v) is 17.2. The van der Waals surface area contributed by atoms with Crippen molar-refractivity contribution in [3.8, 4) is 17.3 Å². The fourth-order valence-corrected chi connectivity index (χ4v) is 3.20. The first-order valence-corrected chi connectivity index (χ1v) is 9.58. The molecule has 0 aliphatic carbocycles. The van der Waals surface area contributed by atoms with E-state index in [0.717, 1.165) is 23.5 Å². The van der Waals surface area contributed by atoms with Crippen molar-refractivity contribution in [3.63, 3.8) is 0 Å². The van der Waals surface area contributed by atoms with Gasteiger partial charge in [-0.1, -0.05) is 12.1 Å². The summed E-state index contributed by atoms with van der Waals surface area (Å²) >= 11 is 0. The SMILES string of the molecule is CN(C)c1ccc(CNc2ncc(C#N)c(-c3c[nH]c4ncc(C(F)(F)F)cc34)n2)cc1. The van der Waals surface area contributed by atoms with Crippen molar-refractivity contribution in [2.75, 3.05) is 24.3 Å². The number of nitrogens with one attached hydrogen (secondary N) is 2. The first-order valence-electron chi connectivity index (χ1n) is 9.58. The average molecular weight is 437 g/mol. The van der Waals surface area contributed by atoms with Gasteiger partial charge < -0.3 is 15.2 Å². The topological polar surface area (TPSA) is 93.5 Å². The zero-order chi connectivity index (χ0) is 22.9. The number of aromatic nitrogens is 4. The van der Waals surface area contributed by atoms with Crippen molar-refractivity contribution in [2.45, 2.75) is 12.7 Å². The molecule has 2 N–H and O–H groups in total. The molecule has 3 heterocycles. The van der Waals surface area contributed by atoms with E-state index in [4.69, 9.17) is 0 Å². The summed E-state index contributed by atoms with van der Waals surface area (Å²) in [6, 6.07) is 10.9. The van der Waals surface area contributed by atoms with Crippen LogP contribution in [0.25, 0.3) is 22.3 Å². The van der Waals surface area contributed by atoms with Crippen LogP contribution in [0.15, 0.2) is 48.9 Å². The highest BCUT2D eigenvalue weighted by molar-refractivity contribution is 5.94. The van der Waals surface area contributed by atoms with E-state index >= 15 is 0 Å². The second-order valence-corrected chi connectivity index (χ2v) is 7.30. The number of halogens is 3. The van der Waals surface area contributed by atoms with Crippen molar-refractivity contribution in [3.05, 3.63) is 65.6 Å². The molecular weight excluding hydrogens is 419 g/mol. The number of nitrogens with zero attached hydrogens (tertiary/aromatic N) is 5. The molecule has 0 atom stereocenters. The second-order valence-electron chi connectivity index (χ2n) is 7.30. The Kier molecular flexibility index (Phi) is 5.40. The lowest BCUT2D eigenvalue weighted by Gasteiger charge is -2.13. The number of benzene rings is 1. The smallest absolute Gasteiger partial charge is 0.378 e. The summed E-state index contributed by atoms with van der Waals surface area (Å²) < 4.78 is 39.5. The highest BCUT2D eigenvalue weighted by Gasteiger charge is 2.31. The molecule has 0 fully saturated rings. The zero-order valence-electron chi connectivity index (χ0n) is 17.2. The minimum Gasteiger partial charge on any atom is -0.378 e. The molecule has 10 heteroatoms. The van der Waals surface area contributed by atoms with Gasteiger partial charge in [0, 0.05) is 49.7 Å². The molecule has 0 radical (unpaired) electrons.